The van der Waals surface area contributed by atoms with Crippen LogP contribution in [0.25, 0.3) is 0 Å². The van der Waals surface area contributed by atoms with E-state index >= 15 is 0 Å². The molecule has 0 unspecified atom stereocenters. The number of carbonyl (C=O) groups is 2. The van der Waals surface area contributed by atoms with Gasteiger partial charge in [-0.05, 0) is 12.8 Å². The fourth-order valence-electron chi connectivity index (χ4n) is 2.48. The molecule has 0 spiro atoms. The predicted molar refractivity (Wildman–Crippen MR) is 57.2 cm³/mol. The zero-order valence-corrected chi connectivity index (χ0v) is 9.11. The molecule has 2 fully saturated rings. The van der Waals surface area contributed by atoms with Crippen LogP contribution in [0.1, 0.15) is 19.3 Å². The maximum atomic E-state index is 11.7. The molecule has 6 nitrogen and oxygen atoms in total. The molecule has 3 N–H and O–H groups in total. The van der Waals surface area contributed by atoms with Gasteiger partial charge < -0.3 is 20.6 Å². The molecule has 0 bridgehead atoms. The molecule has 2 atom stereocenters. The standard InChI is InChI=1S/C10H17N3O3/c14-9-3-1-2-4-13(9)8-6-11-5-7(8)12-10(15)16/h7-8,11-12H,1-6H2,(H,15,16)/t7-,8-/m0/s1. The Labute approximate surface area is 94.0 Å². The van der Waals surface area contributed by atoms with Crippen molar-refractivity contribution in [3.05, 3.63) is 0 Å². The van der Waals surface area contributed by atoms with Crippen molar-refractivity contribution in [1.82, 2.24) is 15.5 Å². The minimum Gasteiger partial charge on any atom is -0.465 e. The lowest BCUT2D eigenvalue weighted by Crippen LogP contribution is -2.54. The highest BCUT2D eigenvalue weighted by molar-refractivity contribution is 5.77. The van der Waals surface area contributed by atoms with E-state index in [2.05, 4.69) is 10.6 Å². The van der Waals surface area contributed by atoms with Crippen molar-refractivity contribution in [2.24, 2.45) is 0 Å². The first-order chi connectivity index (χ1) is 7.68. The third kappa shape index (κ3) is 2.27. The zero-order chi connectivity index (χ0) is 11.5. The van der Waals surface area contributed by atoms with Gasteiger partial charge in [-0.25, -0.2) is 4.79 Å². The predicted octanol–water partition coefficient (Wildman–Crippen LogP) is -0.393. The highest BCUT2D eigenvalue weighted by Gasteiger charge is 2.36. The minimum absolute atomic E-state index is 0.0242. The lowest BCUT2D eigenvalue weighted by molar-refractivity contribution is -0.135. The number of carboxylic acid groups (broad SMARTS) is 1. The zero-order valence-electron chi connectivity index (χ0n) is 9.11. The maximum Gasteiger partial charge on any atom is 0.404 e. The van der Waals surface area contributed by atoms with Crippen molar-refractivity contribution >= 4 is 12.0 Å². The number of hydrogen-bond donors (Lipinski definition) is 3. The number of piperidine rings is 1. The molecule has 2 heterocycles. The highest BCUT2D eigenvalue weighted by Crippen LogP contribution is 2.17. The number of rotatable bonds is 2. The molecule has 2 aliphatic heterocycles. The van der Waals surface area contributed by atoms with E-state index in [1.807, 2.05) is 4.90 Å². The van der Waals surface area contributed by atoms with Crippen molar-refractivity contribution < 1.29 is 14.7 Å². The first kappa shape index (κ1) is 11.2. The number of nitrogens with zero attached hydrogens (tertiary/aromatic N) is 1. The van der Waals surface area contributed by atoms with Crippen LogP contribution in [0.5, 0.6) is 0 Å². The second-order valence-electron chi connectivity index (χ2n) is 4.33. The van der Waals surface area contributed by atoms with Gasteiger partial charge in [-0.1, -0.05) is 0 Å². The molecule has 2 aliphatic rings. The fraction of sp³-hybridized carbons (Fsp3) is 0.800. The second kappa shape index (κ2) is 4.69. The normalized spacial score (nSPS) is 30.5. The SMILES string of the molecule is O=C(O)N[C@H]1CNC[C@@H]1N1CCCCC1=O. The van der Waals surface area contributed by atoms with E-state index in [0.717, 1.165) is 19.4 Å². The van der Waals surface area contributed by atoms with Crippen LogP contribution in [0.15, 0.2) is 0 Å². The van der Waals surface area contributed by atoms with Gasteiger partial charge in [0.2, 0.25) is 5.91 Å². The van der Waals surface area contributed by atoms with Crippen LogP contribution >= 0.6 is 0 Å². The summed E-state index contributed by atoms with van der Waals surface area (Å²) in [6, 6.07) is -0.205. The van der Waals surface area contributed by atoms with E-state index in [9.17, 15) is 9.59 Å². The van der Waals surface area contributed by atoms with Gasteiger partial charge in [-0.15, -0.1) is 0 Å². The maximum absolute atomic E-state index is 11.7. The quantitative estimate of drug-likeness (QED) is 0.600. The molecule has 2 rings (SSSR count). The van der Waals surface area contributed by atoms with Gasteiger partial charge in [0.05, 0.1) is 12.1 Å². The summed E-state index contributed by atoms with van der Waals surface area (Å²) in [7, 11) is 0. The summed E-state index contributed by atoms with van der Waals surface area (Å²) in [6.45, 7) is 2.03. The molecule has 0 saturated carbocycles. The average molecular weight is 227 g/mol. The van der Waals surface area contributed by atoms with Crippen LogP contribution in [0.4, 0.5) is 4.79 Å². The Morgan fingerprint density at radius 3 is 2.94 bits per heavy atom. The summed E-state index contributed by atoms with van der Waals surface area (Å²) >= 11 is 0. The van der Waals surface area contributed by atoms with Gasteiger partial charge in [0.15, 0.2) is 0 Å². The Balaban J connectivity index is 2.00. The Morgan fingerprint density at radius 1 is 1.44 bits per heavy atom. The van der Waals surface area contributed by atoms with E-state index in [4.69, 9.17) is 5.11 Å². The van der Waals surface area contributed by atoms with E-state index in [1.54, 1.807) is 0 Å². The fourth-order valence-corrected chi connectivity index (χ4v) is 2.48. The first-order valence-electron chi connectivity index (χ1n) is 5.68. The largest absolute Gasteiger partial charge is 0.465 e. The molecule has 0 radical (unpaired) electrons. The van der Waals surface area contributed by atoms with Crippen molar-refractivity contribution in [3.8, 4) is 0 Å². The number of nitrogens with one attached hydrogen (secondary N) is 2. The van der Waals surface area contributed by atoms with Gasteiger partial charge in [0, 0.05) is 26.1 Å². The lowest BCUT2D eigenvalue weighted by Gasteiger charge is -2.35. The smallest absolute Gasteiger partial charge is 0.404 e. The summed E-state index contributed by atoms with van der Waals surface area (Å²) in [5.74, 6) is 0.150. The van der Waals surface area contributed by atoms with Crippen LogP contribution in [0.2, 0.25) is 0 Å². The first-order valence-corrected chi connectivity index (χ1v) is 5.68. The van der Waals surface area contributed by atoms with Crippen LogP contribution in [-0.4, -0.2) is 53.7 Å². The molecule has 0 aromatic carbocycles. The molecule has 2 amide bonds. The lowest BCUT2D eigenvalue weighted by atomic mass is 10.0. The van der Waals surface area contributed by atoms with Crippen LogP contribution in [0, 0.1) is 0 Å². The van der Waals surface area contributed by atoms with Gasteiger partial charge in [-0.2, -0.15) is 0 Å². The second-order valence-corrected chi connectivity index (χ2v) is 4.33. The van der Waals surface area contributed by atoms with Gasteiger partial charge in [0.25, 0.3) is 0 Å². The third-order valence-corrected chi connectivity index (χ3v) is 3.25. The minimum atomic E-state index is -1.02. The molecule has 6 heteroatoms. The molecule has 0 aliphatic carbocycles. The summed E-state index contributed by atoms with van der Waals surface area (Å²) in [5.41, 5.74) is 0. The monoisotopic (exact) mass is 227 g/mol. The third-order valence-electron chi connectivity index (χ3n) is 3.25. The molecule has 0 aromatic rings. The Kier molecular flexibility index (Phi) is 3.28. The van der Waals surface area contributed by atoms with E-state index in [-0.39, 0.29) is 18.0 Å². The molecule has 90 valence electrons. The summed E-state index contributed by atoms with van der Waals surface area (Å²) in [4.78, 5) is 24.2. The summed E-state index contributed by atoms with van der Waals surface area (Å²) < 4.78 is 0. The van der Waals surface area contributed by atoms with Crippen molar-refractivity contribution in [2.45, 2.75) is 31.3 Å². The highest BCUT2D eigenvalue weighted by atomic mass is 16.4. The molecular formula is C10H17N3O3. The Hall–Kier alpha value is -1.30. The van der Waals surface area contributed by atoms with Crippen LogP contribution in [-0.2, 0) is 4.79 Å². The molecule has 2 saturated heterocycles. The molecular weight excluding hydrogens is 210 g/mol. The van der Waals surface area contributed by atoms with E-state index < -0.39 is 6.09 Å². The number of hydrogen-bond acceptors (Lipinski definition) is 3. The van der Waals surface area contributed by atoms with Gasteiger partial charge >= 0.3 is 6.09 Å². The summed E-state index contributed by atoms with van der Waals surface area (Å²) in [6.07, 6.45) is 1.54. The Bertz CT molecular complexity index is 295. The van der Waals surface area contributed by atoms with Crippen molar-refractivity contribution in [2.75, 3.05) is 19.6 Å². The van der Waals surface area contributed by atoms with E-state index in [0.29, 0.717) is 19.5 Å². The van der Waals surface area contributed by atoms with Crippen molar-refractivity contribution in [1.29, 1.82) is 0 Å². The molecule has 0 aromatic heterocycles. The van der Waals surface area contributed by atoms with E-state index in [1.165, 1.54) is 0 Å². The number of likely N-dealkylation sites (tertiary alicyclic amines) is 1. The van der Waals surface area contributed by atoms with Crippen LogP contribution < -0.4 is 10.6 Å². The van der Waals surface area contributed by atoms with Gasteiger partial charge in [0.1, 0.15) is 0 Å². The Morgan fingerprint density at radius 2 is 2.25 bits per heavy atom. The molecule has 16 heavy (non-hydrogen) atoms. The van der Waals surface area contributed by atoms with Crippen LogP contribution in [0.3, 0.4) is 0 Å². The summed E-state index contributed by atoms with van der Waals surface area (Å²) in [5, 5.41) is 14.3. The van der Waals surface area contributed by atoms with Gasteiger partial charge in [-0.3, -0.25) is 4.79 Å². The number of carbonyl (C=O) groups excluding carboxylic acids is 1. The average Bonchev–Trinajstić information content (AvgIpc) is 2.66. The number of amides is 2. The van der Waals surface area contributed by atoms with Crippen molar-refractivity contribution in [3.63, 3.8) is 0 Å². The topological polar surface area (TPSA) is 81.7 Å².